The van der Waals surface area contributed by atoms with Gasteiger partial charge in [-0.15, -0.1) is 0 Å². The second-order valence-corrected chi connectivity index (χ2v) is 5.32. The van der Waals surface area contributed by atoms with E-state index in [1.54, 1.807) is 0 Å². The summed E-state index contributed by atoms with van der Waals surface area (Å²) in [6, 6.07) is 14.2. The quantitative estimate of drug-likeness (QED) is 0.730. The average Bonchev–Trinajstić information content (AvgIpc) is 2.82. The molecule has 0 aliphatic rings. The highest BCUT2D eigenvalue weighted by Gasteiger charge is 2.09. The van der Waals surface area contributed by atoms with Crippen molar-refractivity contribution >= 4 is 16.6 Å². The van der Waals surface area contributed by atoms with E-state index in [2.05, 4.69) is 36.7 Å². The number of fused-ring (bicyclic) bond motifs is 1. The van der Waals surface area contributed by atoms with Crippen LogP contribution in [-0.2, 0) is 13.2 Å². The van der Waals surface area contributed by atoms with Crippen LogP contribution in [0.15, 0.2) is 48.7 Å². The summed E-state index contributed by atoms with van der Waals surface area (Å²) in [6.07, 6.45) is 2.15. The van der Waals surface area contributed by atoms with Crippen LogP contribution in [0.3, 0.4) is 0 Å². The van der Waals surface area contributed by atoms with Gasteiger partial charge < -0.3 is 15.0 Å². The van der Waals surface area contributed by atoms with Crippen LogP contribution in [0.4, 0.5) is 5.69 Å². The van der Waals surface area contributed by atoms with E-state index in [4.69, 9.17) is 10.5 Å². The zero-order valence-electron chi connectivity index (χ0n) is 12.5. The third-order valence-corrected chi connectivity index (χ3v) is 3.71. The molecule has 3 aromatic rings. The van der Waals surface area contributed by atoms with Gasteiger partial charge in [-0.25, -0.2) is 0 Å². The summed E-state index contributed by atoms with van der Waals surface area (Å²) in [7, 11) is 0. The van der Waals surface area contributed by atoms with Gasteiger partial charge in [0.15, 0.2) is 0 Å². The average molecular weight is 280 g/mol. The number of ether oxygens (including phenoxy) is 1. The van der Waals surface area contributed by atoms with Crippen molar-refractivity contribution in [3.05, 3.63) is 59.8 Å². The summed E-state index contributed by atoms with van der Waals surface area (Å²) < 4.78 is 8.15. The molecule has 0 unspecified atom stereocenters. The SMILES string of the molecule is CCn1cc(COc2cccc(C)c2)c2cc(N)ccc21. The Kier molecular flexibility index (Phi) is 3.57. The molecule has 1 heterocycles. The molecule has 0 amide bonds. The molecular formula is C18H20N2O. The highest BCUT2D eigenvalue weighted by atomic mass is 16.5. The lowest BCUT2D eigenvalue weighted by atomic mass is 10.1. The van der Waals surface area contributed by atoms with Crippen molar-refractivity contribution in [3.63, 3.8) is 0 Å². The Morgan fingerprint density at radius 1 is 1.14 bits per heavy atom. The predicted molar refractivity (Wildman–Crippen MR) is 87.5 cm³/mol. The first-order valence-electron chi connectivity index (χ1n) is 7.24. The number of aromatic nitrogens is 1. The van der Waals surface area contributed by atoms with E-state index >= 15 is 0 Å². The number of nitrogen functional groups attached to an aromatic ring is 1. The van der Waals surface area contributed by atoms with Crippen molar-refractivity contribution < 1.29 is 4.74 Å². The van der Waals surface area contributed by atoms with Gasteiger partial charge in [0.1, 0.15) is 12.4 Å². The van der Waals surface area contributed by atoms with E-state index < -0.39 is 0 Å². The van der Waals surface area contributed by atoms with Crippen molar-refractivity contribution in [2.45, 2.75) is 27.0 Å². The summed E-state index contributed by atoms with van der Waals surface area (Å²) in [6.45, 7) is 5.69. The molecule has 0 bridgehead atoms. The summed E-state index contributed by atoms with van der Waals surface area (Å²) in [5.74, 6) is 0.899. The van der Waals surface area contributed by atoms with Crippen LogP contribution < -0.4 is 10.5 Å². The first kappa shape index (κ1) is 13.6. The summed E-state index contributed by atoms with van der Waals surface area (Å²) in [4.78, 5) is 0. The van der Waals surface area contributed by atoms with Gasteiger partial charge in [0.05, 0.1) is 0 Å². The predicted octanol–water partition coefficient (Wildman–Crippen LogP) is 4.13. The molecule has 0 saturated heterocycles. The molecule has 0 spiro atoms. The van der Waals surface area contributed by atoms with E-state index in [-0.39, 0.29) is 0 Å². The second-order valence-electron chi connectivity index (χ2n) is 5.32. The van der Waals surface area contributed by atoms with E-state index in [0.29, 0.717) is 6.61 Å². The smallest absolute Gasteiger partial charge is 0.120 e. The minimum atomic E-state index is 0.552. The minimum absolute atomic E-state index is 0.552. The standard InChI is InChI=1S/C18H20N2O/c1-3-20-11-14(17-10-15(19)7-8-18(17)20)12-21-16-6-4-5-13(2)9-16/h4-11H,3,12,19H2,1-2H3. The Hall–Kier alpha value is -2.42. The van der Waals surface area contributed by atoms with E-state index in [1.807, 2.05) is 30.3 Å². The zero-order chi connectivity index (χ0) is 14.8. The normalized spacial score (nSPS) is 11.0. The van der Waals surface area contributed by atoms with Gasteiger partial charge in [0.25, 0.3) is 0 Å². The zero-order valence-corrected chi connectivity index (χ0v) is 12.5. The minimum Gasteiger partial charge on any atom is -0.489 e. The van der Waals surface area contributed by atoms with Crippen LogP contribution in [-0.4, -0.2) is 4.57 Å². The van der Waals surface area contributed by atoms with Crippen molar-refractivity contribution in [1.29, 1.82) is 0 Å². The first-order chi connectivity index (χ1) is 10.2. The fraction of sp³-hybridized carbons (Fsp3) is 0.222. The third kappa shape index (κ3) is 2.72. The maximum Gasteiger partial charge on any atom is 0.120 e. The summed E-state index contributed by atoms with van der Waals surface area (Å²) >= 11 is 0. The van der Waals surface area contributed by atoms with Crippen LogP contribution in [0.5, 0.6) is 5.75 Å². The molecule has 0 saturated carbocycles. The molecule has 3 rings (SSSR count). The molecule has 21 heavy (non-hydrogen) atoms. The van der Waals surface area contributed by atoms with Crippen molar-refractivity contribution in [2.75, 3.05) is 5.73 Å². The Labute approximate surface area is 125 Å². The van der Waals surface area contributed by atoms with Gasteiger partial charge in [-0.05, 0) is 49.7 Å². The van der Waals surface area contributed by atoms with Crippen LogP contribution in [0.25, 0.3) is 10.9 Å². The summed E-state index contributed by atoms with van der Waals surface area (Å²) in [5, 5.41) is 1.17. The number of anilines is 1. The molecule has 3 heteroatoms. The molecule has 108 valence electrons. The Balaban J connectivity index is 1.91. The number of benzene rings is 2. The lowest BCUT2D eigenvalue weighted by molar-refractivity contribution is 0.307. The fourth-order valence-electron chi connectivity index (χ4n) is 2.63. The van der Waals surface area contributed by atoms with Gasteiger partial charge in [-0.2, -0.15) is 0 Å². The Morgan fingerprint density at radius 2 is 2.00 bits per heavy atom. The van der Waals surface area contributed by atoms with E-state index in [9.17, 15) is 0 Å². The van der Waals surface area contributed by atoms with Crippen molar-refractivity contribution in [2.24, 2.45) is 0 Å². The van der Waals surface area contributed by atoms with Gasteiger partial charge in [0, 0.05) is 34.9 Å². The van der Waals surface area contributed by atoms with Crippen LogP contribution >= 0.6 is 0 Å². The maximum atomic E-state index is 5.92. The Morgan fingerprint density at radius 3 is 2.76 bits per heavy atom. The monoisotopic (exact) mass is 280 g/mol. The number of nitrogens with two attached hydrogens (primary N) is 1. The van der Waals surface area contributed by atoms with E-state index in [0.717, 1.165) is 18.0 Å². The first-order valence-corrected chi connectivity index (χ1v) is 7.24. The lowest BCUT2D eigenvalue weighted by Gasteiger charge is -2.06. The molecule has 1 aromatic heterocycles. The second kappa shape index (κ2) is 5.52. The highest BCUT2D eigenvalue weighted by Crippen LogP contribution is 2.25. The largest absolute Gasteiger partial charge is 0.489 e. The molecule has 0 aliphatic carbocycles. The van der Waals surface area contributed by atoms with Gasteiger partial charge in [-0.1, -0.05) is 12.1 Å². The number of hydrogen-bond donors (Lipinski definition) is 1. The topological polar surface area (TPSA) is 40.2 Å². The third-order valence-electron chi connectivity index (χ3n) is 3.71. The van der Waals surface area contributed by atoms with Crippen LogP contribution in [0, 0.1) is 6.92 Å². The lowest BCUT2D eigenvalue weighted by Crippen LogP contribution is -1.95. The maximum absolute atomic E-state index is 5.92. The summed E-state index contributed by atoms with van der Waals surface area (Å²) in [5.41, 5.74) is 10.3. The number of aryl methyl sites for hydroxylation is 2. The molecule has 0 atom stereocenters. The number of nitrogens with zero attached hydrogens (tertiary/aromatic N) is 1. The molecule has 3 nitrogen and oxygen atoms in total. The Bertz CT molecular complexity index is 774. The number of hydrogen-bond acceptors (Lipinski definition) is 2. The van der Waals surface area contributed by atoms with Crippen molar-refractivity contribution in [3.8, 4) is 5.75 Å². The molecule has 0 fully saturated rings. The highest BCUT2D eigenvalue weighted by molar-refractivity contribution is 5.86. The van der Waals surface area contributed by atoms with E-state index in [1.165, 1.54) is 22.0 Å². The molecule has 2 aromatic carbocycles. The van der Waals surface area contributed by atoms with Crippen LogP contribution in [0.1, 0.15) is 18.1 Å². The molecule has 0 aliphatic heterocycles. The van der Waals surface area contributed by atoms with Gasteiger partial charge >= 0.3 is 0 Å². The van der Waals surface area contributed by atoms with Gasteiger partial charge in [0.2, 0.25) is 0 Å². The number of rotatable bonds is 4. The van der Waals surface area contributed by atoms with Crippen LogP contribution in [0.2, 0.25) is 0 Å². The fourth-order valence-corrected chi connectivity index (χ4v) is 2.63. The van der Waals surface area contributed by atoms with Crippen molar-refractivity contribution in [1.82, 2.24) is 4.57 Å². The van der Waals surface area contributed by atoms with Gasteiger partial charge in [-0.3, -0.25) is 0 Å². The molecule has 0 radical (unpaired) electrons. The molecular weight excluding hydrogens is 260 g/mol. The molecule has 2 N–H and O–H groups in total.